The van der Waals surface area contributed by atoms with Gasteiger partial charge in [0.25, 0.3) is 0 Å². The van der Waals surface area contributed by atoms with E-state index in [1.54, 1.807) is 0 Å². The molecule has 0 aromatic rings. The minimum atomic E-state index is -0.262. The Hall–Kier alpha value is -0.150. The number of likely N-dealkylation sites (N-methyl/N-ethyl adjacent to an activating group) is 1. The van der Waals surface area contributed by atoms with Gasteiger partial charge in [-0.2, -0.15) is 0 Å². The second-order valence-corrected chi connectivity index (χ2v) is 3.66. The highest BCUT2D eigenvalue weighted by molar-refractivity contribution is 4.89. The molecule has 0 spiro atoms. The summed E-state index contributed by atoms with van der Waals surface area (Å²) in [6, 6.07) is 0.770. The van der Waals surface area contributed by atoms with Crippen LogP contribution in [0.4, 0.5) is 4.39 Å². The van der Waals surface area contributed by atoms with E-state index in [2.05, 4.69) is 31.0 Å². The summed E-state index contributed by atoms with van der Waals surface area (Å²) in [7, 11) is 0. The van der Waals surface area contributed by atoms with E-state index in [1.807, 2.05) is 0 Å². The lowest BCUT2D eigenvalue weighted by Crippen LogP contribution is -2.61. The van der Waals surface area contributed by atoms with Crippen LogP contribution < -0.4 is 5.32 Å². The Kier molecular flexibility index (Phi) is 3.47. The zero-order valence-corrected chi connectivity index (χ0v) is 8.18. The van der Waals surface area contributed by atoms with Gasteiger partial charge >= 0.3 is 0 Å². The van der Waals surface area contributed by atoms with Crippen LogP contribution in [0.15, 0.2) is 0 Å². The molecule has 0 radical (unpaired) electrons. The molecule has 1 N–H and O–H groups in total. The highest BCUT2D eigenvalue weighted by atomic mass is 19.1. The van der Waals surface area contributed by atoms with Gasteiger partial charge in [0.15, 0.2) is 0 Å². The summed E-state index contributed by atoms with van der Waals surface area (Å²) in [6.07, 6.45) is 0. The zero-order chi connectivity index (χ0) is 9.14. The fourth-order valence-corrected chi connectivity index (χ4v) is 1.92. The Bertz CT molecular complexity index is 126. The smallest absolute Gasteiger partial charge is 0.106 e. The molecule has 1 rings (SSSR count). The first-order valence-electron chi connectivity index (χ1n) is 4.75. The maximum atomic E-state index is 12.5. The van der Waals surface area contributed by atoms with Crippen LogP contribution in [0, 0.1) is 0 Å². The van der Waals surface area contributed by atoms with Crippen LogP contribution in [0.3, 0.4) is 0 Å². The molecule has 1 aliphatic rings. The topological polar surface area (TPSA) is 15.3 Å². The van der Waals surface area contributed by atoms with Crippen molar-refractivity contribution in [2.75, 3.05) is 19.8 Å². The summed E-state index contributed by atoms with van der Waals surface area (Å²) in [5, 5.41) is 3.26. The molecule has 1 saturated heterocycles. The molecule has 3 atom stereocenters. The molecule has 2 nitrogen and oxygen atoms in total. The number of piperazine rings is 1. The van der Waals surface area contributed by atoms with Gasteiger partial charge in [-0.1, -0.05) is 6.92 Å². The van der Waals surface area contributed by atoms with Crippen LogP contribution in [0.1, 0.15) is 20.8 Å². The molecular weight excluding hydrogens is 155 g/mol. The van der Waals surface area contributed by atoms with Crippen LogP contribution in [0.5, 0.6) is 0 Å². The van der Waals surface area contributed by atoms with Crippen molar-refractivity contribution in [2.24, 2.45) is 0 Å². The van der Waals surface area contributed by atoms with E-state index in [-0.39, 0.29) is 12.7 Å². The van der Waals surface area contributed by atoms with E-state index in [0.717, 1.165) is 13.1 Å². The van der Waals surface area contributed by atoms with Crippen LogP contribution in [0.25, 0.3) is 0 Å². The Morgan fingerprint density at radius 3 is 2.67 bits per heavy atom. The minimum absolute atomic E-state index is 0.0219. The summed E-state index contributed by atoms with van der Waals surface area (Å²) in [4.78, 5) is 2.32. The number of hydrogen-bond acceptors (Lipinski definition) is 2. The van der Waals surface area contributed by atoms with Gasteiger partial charge in [-0.3, -0.25) is 4.90 Å². The Labute approximate surface area is 74.1 Å². The third-order valence-corrected chi connectivity index (χ3v) is 2.74. The Balaban J connectivity index is 2.55. The highest BCUT2D eigenvalue weighted by Gasteiger charge is 2.29. The molecular formula is C9H19FN2. The molecule has 12 heavy (non-hydrogen) atoms. The largest absolute Gasteiger partial charge is 0.306 e. The summed E-state index contributed by atoms with van der Waals surface area (Å²) < 4.78 is 12.5. The summed E-state index contributed by atoms with van der Waals surface area (Å²) in [5.41, 5.74) is 0. The Morgan fingerprint density at radius 2 is 2.17 bits per heavy atom. The molecule has 0 saturated carbocycles. The molecule has 0 aromatic carbocycles. The average molecular weight is 174 g/mol. The first kappa shape index (κ1) is 9.93. The number of alkyl halides is 1. The van der Waals surface area contributed by atoms with Crippen molar-refractivity contribution in [1.82, 2.24) is 10.2 Å². The number of nitrogens with one attached hydrogen (secondary N) is 1. The van der Waals surface area contributed by atoms with E-state index in [0.29, 0.717) is 12.1 Å². The van der Waals surface area contributed by atoms with Gasteiger partial charge < -0.3 is 5.32 Å². The monoisotopic (exact) mass is 174 g/mol. The van der Waals surface area contributed by atoms with Gasteiger partial charge in [0.2, 0.25) is 0 Å². The molecule has 0 amide bonds. The average Bonchev–Trinajstić information content (AvgIpc) is 2.08. The van der Waals surface area contributed by atoms with Crippen molar-refractivity contribution < 1.29 is 4.39 Å². The van der Waals surface area contributed by atoms with E-state index >= 15 is 0 Å². The fourth-order valence-electron chi connectivity index (χ4n) is 1.92. The van der Waals surface area contributed by atoms with Gasteiger partial charge in [-0.25, -0.2) is 4.39 Å². The van der Waals surface area contributed by atoms with E-state index in [9.17, 15) is 4.39 Å². The fraction of sp³-hybridized carbons (Fsp3) is 1.00. The van der Waals surface area contributed by atoms with E-state index in [4.69, 9.17) is 0 Å². The molecule has 0 aliphatic carbocycles. The third kappa shape index (κ3) is 1.96. The SMILES string of the molecule is CCN1C[C@@H](C)N[C@@H](CF)[C@H]1C. The molecule has 0 bridgehead atoms. The zero-order valence-electron chi connectivity index (χ0n) is 8.18. The second kappa shape index (κ2) is 4.19. The van der Waals surface area contributed by atoms with E-state index < -0.39 is 0 Å². The van der Waals surface area contributed by atoms with Crippen molar-refractivity contribution in [3.8, 4) is 0 Å². The lowest BCUT2D eigenvalue weighted by Gasteiger charge is -2.41. The first-order chi connectivity index (χ1) is 5.69. The van der Waals surface area contributed by atoms with Crippen LogP contribution in [0.2, 0.25) is 0 Å². The molecule has 1 heterocycles. The lowest BCUT2D eigenvalue weighted by atomic mass is 10.0. The van der Waals surface area contributed by atoms with Gasteiger partial charge in [-0.05, 0) is 20.4 Å². The third-order valence-electron chi connectivity index (χ3n) is 2.74. The van der Waals surface area contributed by atoms with Gasteiger partial charge in [0.05, 0.1) is 6.04 Å². The van der Waals surface area contributed by atoms with Gasteiger partial charge in [-0.15, -0.1) is 0 Å². The van der Waals surface area contributed by atoms with Crippen molar-refractivity contribution in [2.45, 2.75) is 38.9 Å². The molecule has 1 fully saturated rings. The maximum Gasteiger partial charge on any atom is 0.106 e. The number of halogens is 1. The Morgan fingerprint density at radius 1 is 1.50 bits per heavy atom. The van der Waals surface area contributed by atoms with Crippen LogP contribution in [-0.4, -0.2) is 42.8 Å². The molecule has 1 aliphatic heterocycles. The van der Waals surface area contributed by atoms with Crippen molar-refractivity contribution >= 4 is 0 Å². The molecule has 72 valence electrons. The number of rotatable bonds is 2. The number of nitrogens with zero attached hydrogens (tertiary/aromatic N) is 1. The maximum absolute atomic E-state index is 12.5. The molecule has 3 heteroatoms. The molecule has 0 aromatic heterocycles. The highest BCUT2D eigenvalue weighted by Crippen LogP contribution is 2.12. The van der Waals surface area contributed by atoms with Crippen molar-refractivity contribution in [3.63, 3.8) is 0 Å². The van der Waals surface area contributed by atoms with Gasteiger partial charge in [0, 0.05) is 18.6 Å². The van der Waals surface area contributed by atoms with Crippen molar-refractivity contribution in [1.29, 1.82) is 0 Å². The van der Waals surface area contributed by atoms with E-state index in [1.165, 1.54) is 0 Å². The summed E-state index contributed by atoms with van der Waals surface area (Å²) >= 11 is 0. The second-order valence-electron chi connectivity index (χ2n) is 3.66. The standard InChI is InChI=1S/C9H19FN2/c1-4-12-6-7(2)11-9(5-10)8(12)3/h7-9,11H,4-6H2,1-3H3/t7-,8-,9+/m1/s1. The summed E-state index contributed by atoms with van der Waals surface area (Å²) in [6.45, 7) is 8.12. The summed E-state index contributed by atoms with van der Waals surface area (Å²) in [5.74, 6) is 0. The van der Waals surface area contributed by atoms with Gasteiger partial charge in [0.1, 0.15) is 6.67 Å². The predicted molar refractivity (Wildman–Crippen MR) is 49.1 cm³/mol. The van der Waals surface area contributed by atoms with Crippen LogP contribution in [-0.2, 0) is 0 Å². The van der Waals surface area contributed by atoms with Crippen LogP contribution >= 0.6 is 0 Å². The quantitative estimate of drug-likeness (QED) is 0.672. The lowest BCUT2D eigenvalue weighted by molar-refractivity contribution is 0.0976. The number of hydrogen-bond donors (Lipinski definition) is 1. The predicted octanol–water partition coefficient (Wildman–Crippen LogP) is 1.03. The normalized spacial score (nSPS) is 38.5. The minimum Gasteiger partial charge on any atom is -0.306 e. The molecule has 0 unspecified atom stereocenters. The first-order valence-corrected chi connectivity index (χ1v) is 4.75. The van der Waals surface area contributed by atoms with Crippen molar-refractivity contribution in [3.05, 3.63) is 0 Å².